The molecule has 0 amide bonds. The molecule has 0 spiro atoms. The number of benzene rings is 1. The molecule has 1 aromatic carbocycles. The van der Waals surface area contributed by atoms with Crippen LogP contribution < -0.4 is 11.3 Å². The summed E-state index contributed by atoms with van der Waals surface area (Å²) < 4.78 is 0. The lowest BCUT2D eigenvalue weighted by atomic mass is 9.85. The molecule has 3 atom stereocenters. The maximum absolute atomic E-state index is 5.81. The molecule has 3 unspecified atom stereocenters. The second-order valence-corrected chi connectivity index (χ2v) is 5.92. The second kappa shape index (κ2) is 5.85. The minimum Gasteiger partial charge on any atom is -0.271 e. The van der Waals surface area contributed by atoms with Gasteiger partial charge in [-0.2, -0.15) is 0 Å². The van der Waals surface area contributed by atoms with Crippen molar-refractivity contribution in [2.45, 2.75) is 52.5 Å². The van der Waals surface area contributed by atoms with Crippen molar-refractivity contribution in [3.05, 3.63) is 34.9 Å². The molecule has 100 valence electrons. The monoisotopic (exact) mass is 246 g/mol. The number of nitrogens with one attached hydrogen (secondary N) is 1. The lowest BCUT2D eigenvalue weighted by Crippen LogP contribution is -2.43. The predicted molar refractivity (Wildman–Crippen MR) is 77.2 cm³/mol. The molecule has 2 heteroatoms. The summed E-state index contributed by atoms with van der Waals surface area (Å²) >= 11 is 0. The van der Waals surface area contributed by atoms with Crippen LogP contribution in [0.5, 0.6) is 0 Å². The first-order valence-corrected chi connectivity index (χ1v) is 7.14. The third-order valence-electron chi connectivity index (χ3n) is 4.73. The minimum absolute atomic E-state index is 0.419. The predicted octanol–water partition coefficient (Wildman–Crippen LogP) is 3.11. The number of nitrogens with two attached hydrogens (primary N) is 1. The zero-order valence-corrected chi connectivity index (χ0v) is 11.9. The molecule has 1 aliphatic rings. The molecule has 18 heavy (non-hydrogen) atoms. The number of hydrazine groups is 1. The molecular weight excluding hydrogens is 220 g/mol. The van der Waals surface area contributed by atoms with Crippen molar-refractivity contribution in [3.8, 4) is 0 Å². The standard InChI is InChI=1S/C16H26N2/c1-11-8-5-9-14(11)16(18-17)10-15-12(2)6-4-7-13(15)3/h4,6-7,11,14,16,18H,5,8-10,17H2,1-3H3. The van der Waals surface area contributed by atoms with E-state index in [1.165, 1.54) is 36.0 Å². The van der Waals surface area contributed by atoms with Crippen molar-refractivity contribution >= 4 is 0 Å². The van der Waals surface area contributed by atoms with Gasteiger partial charge in [-0.1, -0.05) is 38.0 Å². The highest BCUT2D eigenvalue weighted by molar-refractivity contribution is 5.34. The molecule has 0 aliphatic heterocycles. The van der Waals surface area contributed by atoms with E-state index >= 15 is 0 Å². The molecule has 2 rings (SSSR count). The van der Waals surface area contributed by atoms with Gasteiger partial charge in [0.05, 0.1) is 0 Å². The quantitative estimate of drug-likeness (QED) is 0.633. The third-order valence-corrected chi connectivity index (χ3v) is 4.73. The van der Waals surface area contributed by atoms with Gasteiger partial charge < -0.3 is 0 Å². The maximum atomic E-state index is 5.81. The van der Waals surface area contributed by atoms with Crippen molar-refractivity contribution in [2.24, 2.45) is 17.7 Å². The van der Waals surface area contributed by atoms with E-state index in [0.717, 1.165) is 18.3 Å². The number of hydrogen-bond acceptors (Lipinski definition) is 2. The zero-order chi connectivity index (χ0) is 13.1. The summed E-state index contributed by atoms with van der Waals surface area (Å²) in [7, 11) is 0. The van der Waals surface area contributed by atoms with Crippen LogP contribution in [-0.2, 0) is 6.42 Å². The van der Waals surface area contributed by atoms with Gasteiger partial charge in [-0.3, -0.25) is 11.3 Å². The molecule has 1 aromatic rings. The summed E-state index contributed by atoms with van der Waals surface area (Å²) in [5.41, 5.74) is 7.33. The molecule has 0 aromatic heterocycles. The molecule has 0 bridgehead atoms. The van der Waals surface area contributed by atoms with Gasteiger partial charge >= 0.3 is 0 Å². The summed E-state index contributed by atoms with van der Waals surface area (Å²) in [5, 5.41) is 0. The van der Waals surface area contributed by atoms with E-state index in [9.17, 15) is 0 Å². The van der Waals surface area contributed by atoms with E-state index in [4.69, 9.17) is 5.84 Å². The van der Waals surface area contributed by atoms with Gasteiger partial charge in [0.15, 0.2) is 0 Å². The first kappa shape index (κ1) is 13.6. The van der Waals surface area contributed by atoms with Gasteiger partial charge in [0.2, 0.25) is 0 Å². The highest BCUT2D eigenvalue weighted by Crippen LogP contribution is 2.35. The Morgan fingerprint density at radius 1 is 1.28 bits per heavy atom. The molecule has 0 saturated heterocycles. The zero-order valence-electron chi connectivity index (χ0n) is 11.9. The largest absolute Gasteiger partial charge is 0.271 e. The minimum atomic E-state index is 0.419. The molecule has 3 N–H and O–H groups in total. The summed E-state index contributed by atoms with van der Waals surface area (Å²) in [6.45, 7) is 6.77. The Balaban J connectivity index is 2.15. The Morgan fingerprint density at radius 3 is 2.44 bits per heavy atom. The molecule has 0 radical (unpaired) electrons. The van der Waals surface area contributed by atoms with Gasteiger partial charge in [0.25, 0.3) is 0 Å². The van der Waals surface area contributed by atoms with Crippen LogP contribution in [0.15, 0.2) is 18.2 Å². The van der Waals surface area contributed by atoms with Crippen LogP contribution in [0.4, 0.5) is 0 Å². The summed E-state index contributed by atoms with van der Waals surface area (Å²) in [5.74, 6) is 7.34. The molecule has 2 nitrogen and oxygen atoms in total. The second-order valence-electron chi connectivity index (χ2n) is 5.92. The molecule has 0 heterocycles. The molecule has 1 aliphatic carbocycles. The van der Waals surface area contributed by atoms with Crippen LogP contribution in [0.3, 0.4) is 0 Å². The van der Waals surface area contributed by atoms with E-state index in [-0.39, 0.29) is 0 Å². The van der Waals surface area contributed by atoms with Crippen LogP contribution in [0.2, 0.25) is 0 Å². The van der Waals surface area contributed by atoms with Gasteiger partial charge in [-0.25, -0.2) is 0 Å². The Hall–Kier alpha value is -0.860. The van der Waals surface area contributed by atoms with E-state index in [0.29, 0.717) is 6.04 Å². The highest BCUT2D eigenvalue weighted by Gasteiger charge is 2.30. The SMILES string of the molecule is Cc1cccc(C)c1CC(NN)C1CCCC1C. The smallest absolute Gasteiger partial charge is 0.0281 e. The summed E-state index contributed by atoms with van der Waals surface area (Å²) in [6, 6.07) is 6.96. The van der Waals surface area contributed by atoms with Gasteiger partial charge in [0.1, 0.15) is 0 Å². The van der Waals surface area contributed by atoms with E-state index in [1.807, 2.05) is 0 Å². The Bertz CT molecular complexity index is 380. The van der Waals surface area contributed by atoms with Gasteiger partial charge in [-0.15, -0.1) is 0 Å². The van der Waals surface area contributed by atoms with Gasteiger partial charge in [0, 0.05) is 6.04 Å². The van der Waals surface area contributed by atoms with Crippen LogP contribution >= 0.6 is 0 Å². The maximum Gasteiger partial charge on any atom is 0.0281 e. The number of aryl methyl sites for hydroxylation is 2. The number of hydrogen-bond donors (Lipinski definition) is 2. The van der Waals surface area contributed by atoms with Crippen LogP contribution in [0.1, 0.15) is 42.9 Å². The Kier molecular flexibility index (Phi) is 4.41. The first-order chi connectivity index (χ1) is 8.63. The van der Waals surface area contributed by atoms with Crippen LogP contribution in [-0.4, -0.2) is 6.04 Å². The fourth-order valence-electron chi connectivity index (χ4n) is 3.50. The Labute approximate surface area is 111 Å². The molecular formula is C16H26N2. The summed E-state index contributed by atoms with van der Waals surface area (Å²) in [4.78, 5) is 0. The van der Waals surface area contributed by atoms with E-state index in [2.05, 4.69) is 44.4 Å². The number of rotatable bonds is 4. The average Bonchev–Trinajstić information content (AvgIpc) is 2.76. The molecule has 1 fully saturated rings. The lowest BCUT2D eigenvalue weighted by molar-refractivity contribution is 0.297. The highest BCUT2D eigenvalue weighted by atomic mass is 15.2. The molecule has 1 saturated carbocycles. The van der Waals surface area contributed by atoms with E-state index < -0.39 is 0 Å². The first-order valence-electron chi connectivity index (χ1n) is 7.14. The van der Waals surface area contributed by atoms with Gasteiger partial charge in [-0.05, 0) is 55.2 Å². The summed E-state index contributed by atoms with van der Waals surface area (Å²) in [6.07, 6.45) is 5.09. The average molecular weight is 246 g/mol. The van der Waals surface area contributed by atoms with Crippen LogP contribution in [0.25, 0.3) is 0 Å². The van der Waals surface area contributed by atoms with Crippen LogP contribution in [0, 0.1) is 25.7 Å². The Morgan fingerprint density at radius 2 is 1.94 bits per heavy atom. The van der Waals surface area contributed by atoms with E-state index in [1.54, 1.807) is 0 Å². The lowest BCUT2D eigenvalue weighted by Gasteiger charge is -2.27. The van der Waals surface area contributed by atoms with Crippen molar-refractivity contribution in [1.29, 1.82) is 0 Å². The fraction of sp³-hybridized carbons (Fsp3) is 0.625. The van der Waals surface area contributed by atoms with Crippen molar-refractivity contribution in [2.75, 3.05) is 0 Å². The fourth-order valence-corrected chi connectivity index (χ4v) is 3.50. The topological polar surface area (TPSA) is 38.0 Å². The third kappa shape index (κ3) is 2.76. The van der Waals surface area contributed by atoms with Crippen molar-refractivity contribution in [1.82, 2.24) is 5.43 Å². The normalized spacial score (nSPS) is 25.3. The van der Waals surface area contributed by atoms with Crippen molar-refractivity contribution < 1.29 is 0 Å². The van der Waals surface area contributed by atoms with Crippen molar-refractivity contribution in [3.63, 3.8) is 0 Å².